The topological polar surface area (TPSA) is 43.8 Å². The van der Waals surface area contributed by atoms with Crippen molar-refractivity contribution in [3.8, 4) is 0 Å². The lowest BCUT2D eigenvalue weighted by Crippen LogP contribution is -2.60. The lowest BCUT2D eigenvalue weighted by molar-refractivity contribution is -0.143. The van der Waals surface area contributed by atoms with Crippen LogP contribution < -0.4 is 0 Å². The lowest BCUT2D eigenvalue weighted by atomic mass is 9.94. The smallest absolute Gasteiger partial charge is 0.306 e. The zero-order chi connectivity index (χ0) is 13.2. The number of carboxylic acids is 1. The van der Waals surface area contributed by atoms with Crippen molar-refractivity contribution in [3.05, 3.63) is 0 Å². The molecule has 0 unspecified atom stereocenters. The number of carboxylic acid groups (broad SMARTS) is 1. The fraction of sp³-hybridized carbons (Fsp3) is 0.933. The van der Waals surface area contributed by atoms with Crippen molar-refractivity contribution in [1.29, 1.82) is 0 Å². The molecule has 3 rings (SSSR count). The standard InChI is InChI=1S/C15H26N2O2/c18-15(19)13-5-8-17(9-6-13)14-10-16(11-14)7-1-2-12-3-4-12/h12-14H,1-11H2,(H,18,19). The Labute approximate surface area is 115 Å². The molecular formula is C15H26N2O2. The Kier molecular flexibility index (Phi) is 4.08. The molecule has 0 aromatic rings. The fourth-order valence-electron chi connectivity index (χ4n) is 3.48. The van der Waals surface area contributed by atoms with E-state index in [1.54, 1.807) is 0 Å². The van der Waals surface area contributed by atoms with Gasteiger partial charge < -0.3 is 10.0 Å². The third-order valence-corrected chi connectivity index (χ3v) is 5.12. The lowest BCUT2D eigenvalue weighted by Gasteiger charge is -2.47. The highest BCUT2D eigenvalue weighted by atomic mass is 16.4. The second-order valence-corrected chi connectivity index (χ2v) is 6.65. The molecular weight excluding hydrogens is 240 g/mol. The minimum Gasteiger partial charge on any atom is -0.481 e. The van der Waals surface area contributed by atoms with Gasteiger partial charge >= 0.3 is 5.97 Å². The van der Waals surface area contributed by atoms with Gasteiger partial charge in [-0.25, -0.2) is 0 Å². The molecule has 0 aromatic carbocycles. The van der Waals surface area contributed by atoms with E-state index in [0.29, 0.717) is 6.04 Å². The molecule has 3 aliphatic rings. The molecule has 4 nitrogen and oxygen atoms in total. The fourth-order valence-corrected chi connectivity index (χ4v) is 3.48. The first-order valence-corrected chi connectivity index (χ1v) is 7.91. The second kappa shape index (κ2) is 5.80. The van der Waals surface area contributed by atoms with Crippen LogP contribution in [0.3, 0.4) is 0 Å². The number of hydrogen-bond donors (Lipinski definition) is 1. The van der Waals surface area contributed by atoms with Crippen LogP contribution in [0.25, 0.3) is 0 Å². The van der Waals surface area contributed by atoms with E-state index in [-0.39, 0.29) is 5.92 Å². The van der Waals surface area contributed by atoms with E-state index >= 15 is 0 Å². The third-order valence-electron chi connectivity index (χ3n) is 5.12. The largest absolute Gasteiger partial charge is 0.481 e. The van der Waals surface area contributed by atoms with Gasteiger partial charge in [-0.2, -0.15) is 0 Å². The van der Waals surface area contributed by atoms with Crippen molar-refractivity contribution in [2.75, 3.05) is 32.7 Å². The SMILES string of the molecule is O=C(O)C1CCN(C2CN(CCCC3CC3)C2)CC1. The quantitative estimate of drug-likeness (QED) is 0.794. The van der Waals surface area contributed by atoms with E-state index < -0.39 is 5.97 Å². The number of carbonyl (C=O) groups is 1. The number of aliphatic carboxylic acids is 1. The Hall–Kier alpha value is -0.610. The molecule has 4 heteroatoms. The molecule has 3 fully saturated rings. The first-order chi connectivity index (χ1) is 9.22. The maximum atomic E-state index is 10.9. The molecule has 0 radical (unpaired) electrons. The molecule has 2 aliphatic heterocycles. The van der Waals surface area contributed by atoms with E-state index in [4.69, 9.17) is 5.11 Å². The molecule has 0 spiro atoms. The van der Waals surface area contributed by atoms with Crippen molar-refractivity contribution in [2.45, 2.75) is 44.6 Å². The monoisotopic (exact) mass is 266 g/mol. The molecule has 108 valence electrons. The van der Waals surface area contributed by atoms with Gasteiger partial charge in [0.15, 0.2) is 0 Å². The van der Waals surface area contributed by atoms with Gasteiger partial charge in [-0.05, 0) is 51.2 Å². The van der Waals surface area contributed by atoms with Crippen molar-refractivity contribution in [3.63, 3.8) is 0 Å². The number of hydrogen-bond acceptors (Lipinski definition) is 3. The predicted molar refractivity (Wildman–Crippen MR) is 74.1 cm³/mol. The van der Waals surface area contributed by atoms with E-state index in [1.165, 1.54) is 45.3 Å². The van der Waals surface area contributed by atoms with Gasteiger partial charge in [0.05, 0.1) is 5.92 Å². The number of likely N-dealkylation sites (tertiary alicyclic amines) is 2. The summed E-state index contributed by atoms with van der Waals surface area (Å²) < 4.78 is 0. The van der Waals surface area contributed by atoms with Gasteiger partial charge in [0.2, 0.25) is 0 Å². The van der Waals surface area contributed by atoms with Gasteiger partial charge in [0.25, 0.3) is 0 Å². The second-order valence-electron chi connectivity index (χ2n) is 6.65. The average molecular weight is 266 g/mol. The van der Waals surface area contributed by atoms with Crippen LogP contribution in [0.5, 0.6) is 0 Å². The Morgan fingerprint density at radius 3 is 2.37 bits per heavy atom. The normalized spacial score (nSPS) is 27.4. The number of piperidine rings is 1. The zero-order valence-corrected chi connectivity index (χ0v) is 11.8. The summed E-state index contributed by atoms with van der Waals surface area (Å²) in [7, 11) is 0. The Morgan fingerprint density at radius 1 is 1.11 bits per heavy atom. The van der Waals surface area contributed by atoms with Crippen LogP contribution in [0, 0.1) is 11.8 Å². The van der Waals surface area contributed by atoms with E-state index in [0.717, 1.165) is 31.8 Å². The van der Waals surface area contributed by atoms with Crippen LogP contribution in [0.4, 0.5) is 0 Å². The van der Waals surface area contributed by atoms with Gasteiger partial charge in [-0.1, -0.05) is 12.8 Å². The minimum absolute atomic E-state index is 0.0917. The van der Waals surface area contributed by atoms with Crippen LogP contribution in [-0.2, 0) is 4.79 Å². The first kappa shape index (κ1) is 13.4. The summed E-state index contributed by atoms with van der Waals surface area (Å²) in [5.74, 6) is 0.369. The van der Waals surface area contributed by atoms with Gasteiger partial charge in [0.1, 0.15) is 0 Å². The number of rotatable bonds is 6. The predicted octanol–water partition coefficient (Wildman–Crippen LogP) is 1.66. The Bertz CT molecular complexity index is 316. The summed E-state index contributed by atoms with van der Waals surface area (Å²) in [4.78, 5) is 16.0. The Morgan fingerprint density at radius 2 is 1.79 bits per heavy atom. The molecule has 0 amide bonds. The van der Waals surface area contributed by atoms with E-state index in [1.807, 2.05) is 0 Å². The van der Waals surface area contributed by atoms with Crippen molar-refractivity contribution >= 4 is 5.97 Å². The highest BCUT2D eigenvalue weighted by molar-refractivity contribution is 5.70. The first-order valence-electron chi connectivity index (χ1n) is 7.91. The van der Waals surface area contributed by atoms with E-state index in [2.05, 4.69) is 9.80 Å². The maximum Gasteiger partial charge on any atom is 0.306 e. The highest BCUT2D eigenvalue weighted by Crippen LogP contribution is 2.33. The van der Waals surface area contributed by atoms with Crippen LogP contribution in [0.15, 0.2) is 0 Å². The molecule has 1 saturated carbocycles. The molecule has 2 saturated heterocycles. The minimum atomic E-state index is -0.602. The summed E-state index contributed by atoms with van der Waals surface area (Å²) in [5.41, 5.74) is 0. The summed E-state index contributed by atoms with van der Waals surface area (Å²) in [5, 5.41) is 9.00. The Balaban J connectivity index is 1.29. The molecule has 0 atom stereocenters. The third kappa shape index (κ3) is 3.48. The van der Waals surface area contributed by atoms with E-state index in [9.17, 15) is 4.79 Å². The van der Waals surface area contributed by atoms with Crippen molar-refractivity contribution < 1.29 is 9.90 Å². The summed E-state index contributed by atoms with van der Waals surface area (Å²) in [6.07, 6.45) is 7.44. The zero-order valence-electron chi connectivity index (χ0n) is 11.8. The van der Waals surface area contributed by atoms with Crippen LogP contribution >= 0.6 is 0 Å². The van der Waals surface area contributed by atoms with Crippen LogP contribution in [0.2, 0.25) is 0 Å². The van der Waals surface area contributed by atoms with Crippen LogP contribution in [-0.4, -0.2) is 59.6 Å². The van der Waals surface area contributed by atoms with Crippen LogP contribution in [0.1, 0.15) is 38.5 Å². The van der Waals surface area contributed by atoms with Crippen molar-refractivity contribution in [1.82, 2.24) is 9.80 Å². The number of nitrogens with zero attached hydrogens (tertiary/aromatic N) is 2. The summed E-state index contributed by atoms with van der Waals surface area (Å²) >= 11 is 0. The van der Waals surface area contributed by atoms with Crippen molar-refractivity contribution in [2.24, 2.45) is 11.8 Å². The molecule has 2 heterocycles. The highest BCUT2D eigenvalue weighted by Gasteiger charge is 2.35. The van der Waals surface area contributed by atoms with Gasteiger partial charge in [0, 0.05) is 19.1 Å². The molecule has 1 N–H and O–H groups in total. The molecule has 1 aliphatic carbocycles. The molecule has 19 heavy (non-hydrogen) atoms. The molecule has 0 aromatic heterocycles. The summed E-state index contributed by atoms with van der Waals surface area (Å²) in [6.45, 7) is 5.67. The maximum absolute atomic E-state index is 10.9. The molecule has 0 bridgehead atoms. The summed E-state index contributed by atoms with van der Waals surface area (Å²) in [6, 6.07) is 0.704. The van der Waals surface area contributed by atoms with Gasteiger partial charge in [-0.15, -0.1) is 0 Å². The van der Waals surface area contributed by atoms with Gasteiger partial charge in [-0.3, -0.25) is 9.69 Å². The average Bonchev–Trinajstić information content (AvgIpc) is 3.16.